The molecule has 6 heteroatoms. The zero-order valence-electron chi connectivity index (χ0n) is 13.7. The minimum atomic E-state index is -3.60. The van der Waals surface area contributed by atoms with Crippen LogP contribution in [0.15, 0.2) is 45.9 Å². The average molecular weight is 337 g/mol. The first-order chi connectivity index (χ1) is 10.9. The van der Waals surface area contributed by atoms with E-state index in [2.05, 4.69) is 4.72 Å². The van der Waals surface area contributed by atoms with Crippen LogP contribution in [-0.4, -0.2) is 15.0 Å². The van der Waals surface area contributed by atoms with Crippen molar-refractivity contribution in [2.45, 2.75) is 44.6 Å². The number of furan rings is 1. The maximum atomic E-state index is 12.4. The first-order valence-electron chi connectivity index (χ1n) is 7.73. The summed E-state index contributed by atoms with van der Waals surface area (Å²) in [5.74, 6) is 1.48. The van der Waals surface area contributed by atoms with Gasteiger partial charge in [0.15, 0.2) is 0 Å². The Labute approximate surface area is 137 Å². The summed E-state index contributed by atoms with van der Waals surface area (Å²) in [6, 6.07) is 8.43. The van der Waals surface area contributed by atoms with E-state index in [0.717, 1.165) is 17.7 Å². The van der Waals surface area contributed by atoms with Crippen LogP contribution in [0.4, 0.5) is 0 Å². The van der Waals surface area contributed by atoms with Crippen molar-refractivity contribution in [1.29, 1.82) is 0 Å². The van der Waals surface area contributed by atoms with Crippen molar-refractivity contribution in [1.82, 2.24) is 4.72 Å². The molecule has 0 amide bonds. The van der Waals surface area contributed by atoms with Crippen LogP contribution in [0.3, 0.4) is 0 Å². The zero-order valence-corrected chi connectivity index (χ0v) is 14.5. The Bertz CT molecular complexity index is 721. The van der Waals surface area contributed by atoms with Crippen molar-refractivity contribution in [2.24, 2.45) is 0 Å². The highest BCUT2D eigenvalue weighted by atomic mass is 32.2. The highest BCUT2D eigenvalue weighted by Crippen LogP contribution is 2.29. The van der Waals surface area contributed by atoms with Crippen LogP contribution < -0.4 is 9.46 Å². The first-order valence-corrected chi connectivity index (χ1v) is 9.21. The van der Waals surface area contributed by atoms with Gasteiger partial charge in [0, 0.05) is 0 Å². The maximum Gasteiger partial charge on any atom is 0.240 e. The second-order valence-corrected chi connectivity index (χ2v) is 7.37. The largest absolute Gasteiger partial charge is 0.493 e. The molecule has 126 valence electrons. The third kappa shape index (κ3) is 4.59. The molecule has 0 saturated heterocycles. The van der Waals surface area contributed by atoms with E-state index < -0.39 is 10.0 Å². The molecular weight excluding hydrogens is 314 g/mol. The van der Waals surface area contributed by atoms with E-state index in [4.69, 9.17) is 9.15 Å². The van der Waals surface area contributed by atoms with Crippen molar-refractivity contribution in [3.63, 3.8) is 0 Å². The Morgan fingerprint density at radius 3 is 2.65 bits per heavy atom. The summed E-state index contributed by atoms with van der Waals surface area (Å²) in [6.07, 6.45) is 2.42. The molecule has 2 rings (SSSR count). The van der Waals surface area contributed by atoms with E-state index in [0.29, 0.717) is 12.4 Å². The van der Waals surface area contributed by atoms with Crippen molar-refractivity contribution >= 4 is 10.0 Å². The van der Waals surface area contributed by atoms with Gasteiger partial charge in [-0.3, -0.25) is 0 Å². The van der Waals surface area contributed by atoms with Crippen LogP contribution in [0.2, 0.25) is 0 Å². The van der Waals surface area contributed by atoms with E-state index in [9.17, 15) is 8.42 Å². The predicted octanol–water partition coefficient (Wildman–Crippen LogP) is 3.67. The molecular formula is C17H23NO4S. The van der Waals surface area contributed by atoms with Crippen LogP contribution in [0.25, 0.3) is 0 Å². The Balaban J connectivity index is 2.22. The quantitative estimate of drug-likeness (QED) is 0.798. The molecule has 0 bridgehead atoms. The molecule has 1 aromatic carbocycles. The Hall–Kier alpha value is -1.79. The highest BCUT2D eigenvalue weighted by Gasteiger charge is 2.18. The minimum absolute atomic E-state index is 0.125. The number of ether oxygens (including phenoxy) is 1. The van der Waals surface area contributed by atoms with E-state index >= 15 is 0 Å². The lowest BCUT2D eigenvalue weighted by Gasteiger charge is -2.15. The van der Waals surface area contributed by atoms with Crippen LogP contribution in [0, 0.1) is 0 Å². The molecule has 2 aromatic rings. The maximum absolute atomic E-state index is 12.4. The van der Waals surface area contributed by atoms with E-state index in [1.54, 1.807) is 30.3 Å². The second-order valence-electron chi connectivity index (χ2n) is 5.61. The van der Waals surface area contributed by atoms with Gasteiger partial charge < -0.3 is 9.15 Å². The topological polar surface area (TPSA) is 68.5 Å². The fraction of sp³-hybridized carbons (Fsp3) is 0.412. The normalized spacial score (nSPS) is 11.8. The van der Waals surface area contributed by atoms with E-state index in [1.807, 2.05) is 20.8 Å². The number of sulfonamides is 1. The molecule has 23 heavy (non-hydrogen) atoms. The molecule has 1 aromatic heterocycles. The number of rotatable bonds is 8. The molecule has 0 saturated carbocycles. The van der Waals surface area contributed by atoms with E-state index in [-0.39, 0.29) is 17.4 Å². The fourth-order valence-electron chi connectivity index (χ4n) is 2.15. The molecule has 0 aliphatic carbocycles. The number of hydrogen-bond acceptors (Lipinski definition) is 4. The Morgan fingerprint density at radius 1 is 1.26 bits per heavy atom. The highest BCUT2D eigenvalue weighted by molar-refractivity contribution is 7.89. The van der Waals surface area contributed by atoms with Gasteiger partial charge in [0.2, 0.25) is 10.0 Å². The third-order valence-corrected chi connectivity index (χ3v) is 4.79. The SMILES string of the molecule is CCCOc1ccc(S(=O)(=O)NCc2ccco2)cc1C(C)C. The summed E-state index contributed by atoms with van der Waals surface area (Å²) in [7, 11) is -3.60. The molecule has 1 N–H and O–H groups in total. The second kappa shape index (κ2) is 7.66. The first kappa shape index (κ1) is 17.6. The van der Waals surface area contributed by atoms with Gasteiger partial charge >= 0.3 is 0 Å². The minimum Gasteiger partial charge on any atom is -0.493 e. The lowest BCUT2D eigenvalue weighted by molar-refractivity contribution is 0.312. The van der Waals surface area contributed by atoms with Crippen molar-refractivity contribution < 1.29 is 17.6 Å². The summed E-state index contributed by atoms with van der Waals surface area (Å²) in [5, 5.41) is 0. The molecule has 0 spiro atoms. The van der Waals surface area contributed by atoms with Crippen LogP contribution >= 0.6 is 0 Å². The zero-order chi connectivity index (χ0) is 16.9. The lowest BCUT2D eigenvalue weighted by Crippen LogP contribution is -2.23. The molecule has 0 atom stereocenters. The molecule has 0 fully saturated rings. The molecule has 0 aliphatic heterocycles. The number of hydrogen-bond donors (Lipinski definition) is 1. The fourth-order valence-corrected chi connectivity index (χ4v) is 3.18. The van der Waals surface area contributed by atoms with Crippen molar-refractivity contribution in [3.05, 3.63) is 47.9 Å². The Kier molecular flexibility index (Phi) is 5.85. The van der Waals surface area contributed by atoms with Crippen molar-refractivity contribution in [3.8, 4) is 5.75 Å². The van der Waals surface area contributed by atoms with Gasteiger partial charge in [0.25, 0.3) is 0 Å². The smallest absolute Gasteiger partial charge is 0.240 e. The van der Waals surface area contributed by atoms with Crippen LogP contribution in [0.5, 0.6) is 5.75 Å². The Morgan fingerprint density at radius 2 is 2.04 bits per heavy atom. The van der Waals surface area contributed by atoms with Gasteiger partial charge in [-0.1, -0.05) is 20.8 Å². The standard InChI is InChI=1S/C17H23NO4S/c1-4-9-22-17-8-7-15(11-16(17)13(2)3)23(19,20)18-12-14-6-5-10-21-14/h5-8,10-11,13,18H,4,9,12H2,1-3H3. The molecule has 5 nitrogen and oxygen atoms in total. The van der Waals surface area contributed by atoms with Gasteiger partial charge in [-0.2, -0.15) is 0 Å². The third-order valence-electron chi connectivity index (χ3n) is 3.39. The van der Waals surface area contributed by atoms with Gasteiger partial charge in [0.1, 0.15) is 11.5 Å². The molecule has 0 unspecified atom stereocenters. The van der Waals surface area contributed by atoms with Crippen LogP contribution in [0.1, 0.15) is 44.4 Å². The lowest BCUT2D eigenvalue weighted by atomic mass is 10.0. The predicted molar refractivity (Wildman–Crippen MR) is 89.1 cm³/mol. The summed E-state index contributed by atoms with van der Waals surface area (Å²) >= 11 is 0. The van der Waals surface area contributed by atoms with Gasteiger partial charge in [-0.25, -0.2) is 13.1 Å². The summed E-state index contributed by atoms with van der Waals surface area (Å²) in [4.78, 5) is 0.233. The van der Waals surface area contributed by atoms with Crippen molar-refractivity contribution in [2.75, 3.05) is 6.61 Å². The van der Waals surface area contributed by atoms with Crippen LogP contribution in [-0.2, 0) is 16.6 Å². The monoisotopic (exact) mass is 337 g/mol. The molecule has 1 heterocycles. The van der Waals surface area contributed by atoms with Gasteiger partial charge in [-0.15, -0.1) is 0 Å². The summed E-state index contributed by atoms with van der Waals surface area (Å²) in [5.41, 5.74) is 0.888. The number of benzene rings is 1. The summed E-state index contributed by atoms with van der Waals surface area (Å²) < 4.78 is 38.3. The molecule has 0 radical (unpaired) electrons. The van der Waals surface area contributed by atoms with Gasteiger partial charge in [0.05, 0.1) is 24.3 Å². The molecule has 0 aliphatic rings. The summed E-state index contributed by atoms with van der Waals surface area (Å²) in [6.45, 7) is 6.80. The average Bonchev–Trinajstić information content (AvgIpc) is 3.04. The van der Waals surface area contributed by atoms with Gasteiger partial charge in [-0.05, 0) is 48.2 Å². The van der Waals surface area contributed by atoms with E-state index in [1.165, 1.54) is 6.26 Å². The number of nitrogens with one attached hydrogen (secondary N) is 1.